The fourth-order valence-electron chi connectivity index (χ4n) is 1.79. The van der Waals surface area contributed by atoms with Gasteiger partial charge in [-0.15, -0.1) is 5.10 Å². The van der Waals surface area contributed by atoms with E-state index in [1.807, 2.05) is 33.0 Å². The van der Waals surface area contributed by atoms with Gasteiger partial charge >= 0.3 is 0 Å². The molecule has 0 aliphatic rings. The minimum absolute atomic E-state index is 0.0850. The molecule has 1 amide bonds. The van der Waals surface area contributed by atoms with Crippen molar-refractivity contribution in [2.24, 2.45) is 5.92 Å². The molecule has 0 saturated carbocycles. The number of carbonyl (C=O) groups is 1. The minimum Gasteiger partial charge on any atom is -0.381 e. The molecule has 0 atom stereocenters. The Kier molecular flexibility index (Phi) is 3.92. The molecule has 6 heteroatoms. The summed E-state index contributed by atoms with van der Waals surface area (Å²) in [5, 5.41) is 10.3. The predicted molar refractivity (Wildman–Crippen MR) is 80.0 cm³/mol. The Balaban J connectivity index is 2.32. The average molecular weight is 275 g/mol. The fourth-order valence-corrected chi connectivity index (χ4v) is 1.79. The van der Waals surface area contributed by atoms with Gasteiger partial charge in [-0.1, -0.05) is 13.8 Å². The summed E-state index contributed by atoms with van der Waals surface area (Å²) in [6.45, 7) is 9.85. The van der Waals surface area contributed by atoms with Gasteiger partial charge in [0, 0.05) is 12.0 Å². The van der Waals surface area contributed by atoms with Crippen LogP contribution in [0, 0.1) is 12.8 Å². The van der Waals surface area contributed by atoms with Crippen LogP contribution in [0.25, 0.3) is 5.65 Å². The number of anilines is 2. The number of amides is 1. The molecule has 0 spiro atoms. The first-order valence-electron chi connectivity index (χ1n) is 6.81. The van der Waals surface area contributed by atoms with E-state index in [2.05, 4.69) is 34.6 Å². The molecular formula is C14H21N5O. The Morgan fingerprint density at radius 2 is 2.00 bits per heavy atom. The maximum absolute atomic E-state index is 11.7. The molecular weight excluding hydrogens is 254 g/mol. The lowest BCUT2D eigenvalue weighted by Gasteiger charge is -2.12. The van der Waals surface area contributed by atoms with Gasteiger partial charge in [-0.05, 0) is 32.4 Å². The van der Waals surface area contributed by atoms with Gasteiger partial charge < -0.3 is 5.32 Å². The van der Waals surface area contributed by atoms with Gasteiger partial charge in [-0.2, -0.15) is 4.98 Å². The first kappa shape index (κ1) is 14.3. The lowest BCUT2D eigenvalue weighted by molar-refractivity contribution is -0.118. The third kappa shape index (κ3) is 3.07. The predicted octanol–water partition coefficient (Wildman–Crippen LogP) is 2.45. The Bertz CT molecular complexity index is 630. The molecule has 2 heterocycles. The van der Waals surface area contributed by atoms with Gasteiger partial charge in [0.2, 0.25) is 11.9 Å². The standard InChI is InChI=1S/C14H21N5O/c1-8(2)13(20)17-14-16-12-6-10(5)11(15-9(3)4)7-19(12)18-14/h6-9,15H,1-5H3,(H,17,18,20). The number of aromatic nitrogens is 3. The van der Waals surface area contributed by atoms with Gasteiger partial charge in [-0.3, -0.25) is 10.1 Å². The first-order chi connectivity index (χ1) is 9.36. The molecule has 2 N–H and O–H groups in total. The highest BCUT2D eigenvalue weighted by Gasteiger charge is 2.12. The Labute approximate surface area is 118 Å². The Morgan fingerprint density at radius 3 is 2.60 bits per heavy atom. The number of fused-ring (bicyclic) bond motifs is 1. The van der Waals surface area contributed by atoms with Crippen molar-refractivity contribution in [2.75, 3.05) is 10.6 Å². The van der Waals surface area contributed by atoms with Crippen LogP contribution in [0.2, 0.25) is 0 Å². The van der Waals surface area contributed by atoms with Crippen LogP contribution in [0.15, 0.2) is 12.3 Å². The van der Waals surface area contributed by atoms with Gasteiger partial charge in [0.15, 0.2) is 5.65 Å². The van der Waals surface area contributed by atoms with Crippen LogP contribution in [-0.2, 0) is 4.79 Å². The van der Waals surface area contributed by atoms with Crippen LogP contribution >= 0.6 is 0 Å². The van der Waals surface area contributed by atoms with Crippen molar-refractivity contribution < 1.29 is 4.79 Å². The van der Waals surface area contributed by atoms with Crippen molar-refractivity contribution in [1.82, 2.24) is 14.6 Å². The molecule has 2 aromatic heterocycles. The normalized spacial score (nSPS) is 11.3. The van der Waals surface area contributed by atoms with E-state index in [0.29, 0.717) is 12.0 Å². The molecule has 2 rings (SSSR count). The molecule has 0 aliphatic carbocycles. The number of hydrogen-bond acceptors (Lipinski definition) is 4. The van der Waals surface area contributed by atoms with Gasteiger partial charge in [0.1, 0.15) is 0 Å². The third-order valence-electron chi connectivity index (χ3n) is 2.88. The molecule has 2 aromatic rings. The molecule has 0 radical (unpaired) electrons. The monoisotopic (exact) mass is 275 g/mol. The zero-order valence-electron chi connectivity index (χ0n) is 12.6. The molecule has 0 fully saturated rings. The van der Waals surface area contributed by atoms with Crippen LogP contribution < -0.4 is 10.6 Å². The van der Waals surface area contributed by atoms with E-state index in [1.54, 1.807) is 4.52 Å². The highest BCUT2D eigenvalue weighted by atomic mass is 16.2. The van der Waals surface area contributed by atoms with E-state index >= 15 is 0 Å². The zero-order valence-corrected chi connectivity index (χ0v) is 12.6. The Morgan fingerprint density at radius 1 is 1.30 bits per heavy atom. The molecule has 0 saturated heterocycles. The van der Waals surface area contributed by atoms with Gasteiger partial charge in [0.25, 0.3) is 0 Å². The highest BCUT2D eigenvalue weighted by molar-refractivity contribution is 5.90. The van der Waals surface area contributed by atoms with Crippen molar-refractivity contribution >= 4 is 23.2 Å². The maximum Gasteiger partial charge on any atom is 0.249 e. The summed E-state index contributed by atoms with van der Waals surface area (Å²) in [6.07, 6.45) is 1.89. The van der Waals surface area contributed by atoms with Crippen LogP contribution in [0.3, 0.4) is 0 Å². The number of carbonyl (C=O) groups excluding carboxylic acids is 1. The van der Waals surface area contributed by atoms with Crippen molar-refractivity contribution in [1.29, 1.82) is 0 Å². The average Bonchev–Trinajstić information content (AvgIpc) is 2.70. The second kappa shape index (κ2) is 5.48. The molecule has 0 unspecified atom stereocenters. The second-order valence-corrected chi connectivity index (χ2v) is 5.55. The van der Waals surface area contributed by atoms with Crippen LogP contribution in [-0.4, -0.2) is 26.5 Å². The zero-order chi connectivity index (χ0) is 14.9. The fraction of sp³-hybridized carbons (Fsp3) is 0.500. The second-order valence-electron chi connectivity index (χ2n) is 5.55. The smallest absolute Gasteiger partial charge is 0.249 e. The summed E-state index contributed by atoms with van der Waals surface area (Å²) in [5.41, 5.74) is 2.83. The molecule has 108 valence electrons. The molecule has 0 aromatic carbocycles. The summed E-state index contributed by atoms with van der Waals surface area (Å²) in [7, 11) is 0. The first-order valence-corrected chi connectivity index (χ1v) is 6.81. The van der Waals surface area contributed by atoms with Crippen LogP contribution in [0.5, 0.6) is 0 Å². The maximum atomic E-state index is 11.7. The molecule has 0 bridgehead atoms. The summed E-state index contributed by atoms with van der Waals surface area (Å²) in [6, 6.07) is 2.29. The molecule has 0 aliphatic heterocycles. The molecule has 20 heavy (non-hydrogen) atoms. The van der Waals surface area contributed by atoms with Crippen molar-refractivity contribution in [3.8, 4) is 0 Å². The third-order valence-corrected chi connectivity index (χ3v) is 2.88. The van der Waals surface area contributed by atoms with Gasteiger partial charge in [-0.25, -0.2) is 4.52 Å². The number of hydrogen-bond donors (Lipinski definition) is 2. The number of pyridine rings is 1. The quantitative estimate of drug-likeness (QED) is 0.899. The van der Waals surface area contributed by atoms with Crippen molar-refractivity contribution in [3.63, 3.8) is 0 Å². The minimum atomic E-state index is -0.0958. The highest BCUT2D eigenvalue weighted by Crippen LogP contribution is 2.18. The SMILES string of the molecule is Cc1cc2nc(NC(=O)C(C)C)nn2cc1NC(C)C. The van der Waals surface area contributed by atoms with Crippen molar-refractivity contribution in [2.45, 2.75) is 40.7 Å². The summed E-state index contributed by atoms with van der Waals surface area (Å²) < 4.78 is 1.67. The van der Waals surface area contributed by atoms with Crippen LogP contribution in [0.4, 0.5) is 11.6 Å². The molecule has 6 nitrogen and oxygen atoms in total. The van der Waals surface area contributed by atoms with E-state index in [0.717, 1.165) is 16.9 Å². The van der Waals surface area contributed by atoms with E-state index in [1.165, 1.54) is 0 Å². The van der Waals surface area contributed by atoms with E-state index in [-0.39, 0.29) is 11.8 Å². The van der Waals surface area contributed by atoms with E-state index < -0.39 is 0 Å². The summed E-state index contributed by atoms with van der Waals surface area (Å²) in [5.74, 6) is 0.157. The number of nitrogens with one attached hydrogen (secondary N) is 2. The lowest BCUT2D eigenvalue weighted by Crippen LogP contribution is -2.18. The van der Waals surface area contributed by atoms with Crippen molar-refractivity contribution in [3.05, 3.63) is 17.8 Å². The lowest BCUT2D eigenvalue weighted by atomic mass is 10.2. The Hall–Kier alpha value is -2.11. The topological polar surface area (TPSA) is 71.3 Å². The number of nitrogens with zero attached hydrogens (tertiary/aromatic N) is 3. The van der Waals surface area contributed by atoms with Gasteiger partial charge in [0.05, 0.1) is 11.9 Å². The van der Waals surface area contributed by atoms with E-state index in [9.17, 15) is 4.79 Å². The summed E-state index contributed by atoms with van der Waals surface area (Å²) in [4.78, 5) is 16.0. The summed E-state index contributed by atoms with van der Waals surface area (Å²) >= 11 is 0. The largest absolute Gasteiger partial charge is 0.381 e. The number of aryl methyl sites for hydroxylation is 1. The van der Waals surface area contributed by atoms with E-state index in [4.69, 9.17) is 0 Å². The van der Waals surface area contributed by atoms with Crippen LogP contribution in [0.1, 0.15) is 33.3 Å². The number of rotatable bonds is 4.